The van der Waals surface area contributed by atoms with Crippen molar-refractivity contribution in [1.29, 1.82) is 0 Å². The number of benzene rings is 3. The number of hydrogen-bond acceptors (Lipinski definition) is 2. The third-order valence-electron chi connectivity index (χ3n) is 4.47. The van der Waals surface area contributed by atoms with Gasteiger partial charge in [0.15, 0.2) is 0 Å². The molecule has 3 aromatic carbocycles. The fourth-order valence-corrected chi connectivity index (χ4v) is 6.02. The van der Waals surface area contributed by atoms with Crippen molar-refractivity contribution in [3.8, 4) is 11.5 Å². The Balaban J connectivity index is 2.04. The minimum absolute atomic E-state index is 0.130. The summed E-state index contributed by atoms with van der Waals surface area (Å²) in [5.74, 6) is 1.72. The van der Waals surface area contributed by atoms with E-state index in [1.54, 1.807) is 0 Å². The maximum Gasteiger partial charge on any atom is 0.470 e. The Bertz CT molecular complexity index is 694. The lowest BCUT2D eigenvalue weighted by Gasteiger charge is -2.41. The van der Waals surface area contributed by atoms with Gasteiger partial charge in [-0.05, 0) is 29.8 Å². The molecule has 0 aliphatic rings. The van der Waals surface area contributed by atoms with Crippen LogP contribution in [0.1, 0.15) is 26.3 Å². The van der Waals surface area contributed by atoms with Crippen LogP contribution < -0.4 is 8.85 Å². The van der Waals surface area contributed by atoms with Crippen LogP contribution in [0.15, 0.2) is 91.0 Å². The van der Waals surface area contributed by atoms with Gasteiger partial charge in [0.05, 0.1) is 0 Å². The Morgan fingerprint density at radius 3 is 1.38 bits per heavy atom. The number of para-hydroxylation sites is 2. The van der Waals surface area contributed by atoms with E-state index in [4.69, 9.17) is 8.85 Å². The molecule has 0 bridgehead atoms. The Morgan fingerprint density at radius 2 is 1.00 bits per heavy atom. The third kappa shape index (κ3) is 4.35. The second-order valence-electron chi connectivity index (χ2n) is 7.50. The van der Waals surface area contributed by atoms with Gasteiger partial charge in [-0.3, -0.25) is 0 Å². The lowest BCUT2D eigenvalue weighted by molar-refractivity contribution is 0.333. The van der Waals surface area contributed by atoms with Crippen LogP contribution in [-0.2, 0) is 6.04 Å². The van der Waals surface area contributed by atoms with Crippen molar-refractivity contribution in [3.63, 3.8) is 0 Å². The van der Waals surface area contributed by atoms with Gasteiger partial charge in [-0.15, -0.1) is 0 Å². The summed E-state index contributed by atoms with van der Waals surface area (Å²) >= 11 is 0. The highest BCUT2D eigenvalue weighted by atomic mass is 28.4. The van der Waals surface area contributed by atoms with Crippen molar-refractivity contribution >= 4 is 8.56 Å². The summed E-state index contributed by atoms with van der Waals surface area (Å²) in [5, 5.41) is -0.130. The largest absolute Gasteiger partial charge is 0.511 e. The Hall–Kier alpha value is -2.52. The van der Waals surface area contributed by atoms with Crippen LogP contribution in [0.25, 0.3) is 0 Å². The first kappa shape index (κ1) is 18.3. The first-order valence-corrected chi connectivity index (χ1v) is 11.0. The molecular formula is C23H26O2Si. The Morgan fingerprint density at radius 1 is 0.615 bits per heavy atom. The number of rotatable bonds is 6. The molecule has 0 saturated heterocycles. The fraction of sp³-hybridized carbons (Fsp3) is 0.217. The molecule has 0 unspecified atom stereocenters. The average molecular weight is 363 g/mol. The molecule has 0 aromatic heterocycles. The molecule has 134 valence electrons. The van der Waals surface area contributed by atoms with E-state index < -0.39 is 8.56 Å². The van der Waals surface area contributed by atoms with Crippen LogP contribution in [0, 0.1) is 0 Å². The molecule has 0 aliphatic heterocycles. The fourth-order valence-electron chi connectivity index (χ4n) is 2.89. The van der Waals surface area contributed by atoms with Gasteiger partial charge in [-0.25, -0.2) is 0 Å². The summed E-state index contributed by atoms with van der Waals surface area (Å²) in [6, 6.07) is 31.3. The predicted octanol–water partition coefficient (Wildman–Crippen LogP) is 6.17. The summed E-state index contributed by atoms with van der Waals surface area (Å²) < 4.78 is 13.4. The highest BCUT2D eigenvalue weighted by Gasteiger charge is 2.53. The Kier molecular flexibility index (Phi) is 5.48. The van der Waals surface area contributed by atoms with E-state index in [0.717, 1.165) is 17.5 Å². The van der Waals surface area contributed by atoms with E-state index in [0.29, 0.717) is 0 Å². The Labute approximate surface area is 157 Å². The van der Waals surface area contributed by atoms with E-state index in [1.165, 1.54) is 5.56 Å². The summed E-state index contributed by atoms with van der Waals surface area (Å²) in [6.07, 6.45) is 0. The summed E-state index contributed by atoms with van der Waals surface area (Å²) in [7, 11) is -2.72. The van der Waals surface area contributed by atoms with Crippen molar-refractivity contribution < 1.29 is 8.85 Å². The van der Waals surface area contributed by atoms with Gasteiger partial charge in [0.2, 0.25) is 0 Å². The molecule has 0 fully saturated rings. The second kappa shape index (κ2) is 7.79. The predicted molar refractivity (Wildman–Crippen MR) is 110 cm³/mol. The minimum atomic E-state index is -2.72. The van der Waals surface area contributed by atoms with E-state index in [9.17, 15) is 0 Å². The number of hydrogen-bond donors (Lipinski definition) is 0. The highest BCUT2D eigenvalue weighted by Crippen LogP contribution is 2.41. The SMILES string of the molecule is CC(C)(C)[Si](Cc1ccccc1)(Oc1ccccc1)Oc1ccccc1. The molecule has 0 radical (unpaired) electrons. The standard InChI is InChI=1S/C23H26O2Si/c1-23(2,3)26(19-20-13-7-4-8-14-20,24-21-15-9-5-10-16-21)25-22-17-11-6-12-18-22/h4-18H,19H2,1-3H3. The zero-order valence-corrected chi connectivity index (χ0v) is 16.7. The van der Waals surface area contributed by atoms with Crippen molar-refractivity contribution in [2.24, 2.45) is 0 Å². The molecule has 26 heavy (non-hydrogen) atoms. The normalized spacial score (nSPS) is 11.8. The molecule has 0 amide bonds. The van der Waals surface area contributed by atoms with Crippen LogP contribution in [0.2, 0.25) is 5.04 Å². The summed E-state index contributed by atoms with van der Waals surface area (Å²) in [6.45, 7) is 6.65. The monoisotopic (exact) mass is 362 g/mol. The zero-order valence-electron chi connectivity index (χ0n) is 15.7. The van der Waals surface area contributed by atoms with Gasteiger partial charge in [0, 0.05) is 11.1 Å². The maximum atomic E-state index is 6.69. The van der Waals surface area contributed by atoms with Gasteiger partial charge in [-0.2, -0.15) is 0 Å². The van der Waals surface area contributed by atoms with Crippen LogP contribution in [-0.4, -0.2) is 8.56 Å². The highest BCUT2D eigenvalue weighted by molar-refractivity contribution is 6.71. The minimum Gasteiger partial charge on any atom is -0.511 e. The van der Waals surface area contributed by atoms with Gasteiger partial charge in [0.1, 0.15) is 11.5 Å². The molecule has 3 rings (SSSR count). The molecule has 3 aromatic rings. The van der Waals surface area contributed by atoms with E-state index in [2.05, 4.69) is 45.0 Å². The maximum absolute atomic E-state index is 6.69. The topological polar surface area (TPSA) is 18.5 Å². The molecule has 0 N–H and O–H groups in total. The second-order valence-corrected chi connectivity index (χ2v) is 11.3. The quantitative estimate of drug-likeness (QED) is 0.488. The first-order valence-electron chi connectivity index (χ1n) is 9.01. The van der Waals surface area contributed by atoms with Gasteiger partial charge in [0.25, 0.3) is 0 Å². The van der Waals surface area contributed by atoms with Crippen molar-refractivity contribution in [1.82, 2.24) is 0 Å². The van der Waals surface area contributed by atoms with Gasteiger partial charge < -0.3 is 8.85 Å². The molecule has 0 spiro atoms. The summed E-state index contributed by atoms with van der Waals surface area (Å²) in [5.41, 5.74) is 1.24. The lowest BCUT2D eigenvalue weighted by Crippen LogP contribution is -2.58. The van der Waals surface area contributed by atoms with Crippen molar-refractivity contribution in [3.05, 3.63) is 96.6 Å². The lowest BCUT2D eigenvalue weighted by atomic mass is 10.2. The van der Waals surface area contributed by atoms with E-state index in [-0.39, 0.29) is 5.04 Å². The smallest absolute Gasteiger partial charge is 0.470 e. The van der Waals surface area contributed by atoms with E-state index in [1.807, 2.05) is 66.7 Å². The van der Waals surface area contributed by atoms with Crippen molar-refractivity contribution in [2.75, 3.05) is 0 Å². The molecule has 0 atom stereocenters. The van der Waals surface area contributed by atoms with Crippen LogP contribution in [0.4, 0.5) is 0 Å². The summed E-state index contributed by atoms with van der Waals surface area (Å²) in [4.78, 5) is 0. The molecule has 3 heteroatoms. The zero-order chi connectivity index (χ0) is 18.5. The molecule has 0 saturated carbocycles. The van der Waals surface area contributed by atoms with Gasteiger partial charge in [-0.1, -0.05) is 87.5 Å². The van der Waals surface area contributed by atoms with Crippen LogP contribution >= 0.6 is 0 Å². The first-order chi connectivity index (χ1) is 12.5. The molecule has 0 aliphatic carbocycles. The third-order valence-corrected chi connectivity index (χ3v) is 8.76. The van der Waals surface area contributed by atoms with Gasteiger partial charge >= 0.3 is 8.56 Å². The molecular weight excluding hydrogens is 336 g/mol. The van der Waals surface area contributed by atoms with Crippen LogP contribution in [0.3, 0.4) is 0 Å². The van der Waals surface area contributed by atoms with Crippen molar-refractivity contribution in [2.45, 2.75) is 31.9 Å². The average Bonchev–Trinajstić information content (AvgIpc) is 2.63. The molecule has 2 nitrogen and oxygen atoms in total. The van der Waals surface area contributed by atoms with E-state index >= 15 is 0 Å². The van der Waals surface area contributed by atoms with Crippen LogP contribution in [0.5, 0.6) is 11.5 Å². The molecule has 0 heterocycles.